The number of amides is 2. The summed E-state index contributed by atoms with van der Waals surface area (Å²) in [7, 11) is 4.88. The van der Waals surface area contributed by atoms with E-state index in [9.17, 15) is 9.59 Å². The molecule has 0 unspecified atom stereocenters. The maximum Gasteiger partial charge on any atom is 0.319 e. The van der Waals surface area contributed by atoms with Crippen molar-refractivity contribution in [3.8, 4) is 11.5 Å². The van der Waals surface area contributed by atoms with Gasteiger partial charge >= 0.3 is 6.03 Å². The highest BCUT2D eigenvalue weighted by Crippen LogP contribution is 2.29. The number of carbonyl (C=O) groups is 1. The van der Waals surface area contributed by atoms with E-state index in [1.807, 2.05) is 29.2 Å². The van der Waals surface area contributed by atoms with Gasteiger partial charge in [-0.3, -0.25) is 4.79 Å². The van der Waals surface area contributed by atoms with Crippen molar-refractivity contribution in [2.24, 2.45) is 7.05 Å². The molecule has 2 N–H and O–H groups in total. The van der Waals surface area contributed by atoms with Crippen LogP contribution in [-0.4, -0.2) is 48.9 Å². The Morgan fingerprint density at radius 3 is 2.56 bits per heavy atom. The summed E-state index contributed by atoms with van der Waals surface area (Å²) in [5, 5.41) is 5.84. The summed E-state index contributed by atoms with van der Waals surface area (Å²) < 4.78 is 12.1. The number of hydrogen-bond acceptors (Lipinski definition) is 6. The number of carbonyl (C=O) groups excluding carboxylic acids is 1. The van der Waals surface area contributed by atoms with Crippen LogP contribution in [0.25, 0.3) is 11.0 Å². The number of rotatable bonds is 5. The van der Waals surface area contributed by atoms with Crippen LogP contribution in [0.4, 0.5) is 16.3 Å². The average Bonchev–Trinajstić information content (AvgIpc) is 2.82. The van der Waals surface area contributed by atoms with Crippen molar-refractivity contribution < 1.29 is 14.3 Å². The fourth-order valence-corrected chi connectivity index (χ4v) is 3.95. The molecular weight excluding hydrogens is 410 g/mol. The summed E-state index contributed by atoms with van der Waals surface area (Å²) in [6.45, 7) is 1.27. The number of methoxy groups -OCH3 is 2. The van der Waals surface area contributed by atoms with Gasteiger partial charge in [-0.05, 0) is 37.1 Å². The fourth-order valence-electron chi connectivity index (χ4n) is 3.95. The van der Waals surface area contributed by atoms with Gasteiger partial charge in [-0.2, -0.15) is 0 Å². The van der Waals surface area contributed by atoms with Crippen LogP contribution in [0.3, 0.4) is 0 Å². The number of para-hydroxylation sites is 2. The number of aryl methyl sites for hydroxylation is 1. The molecule has 0 aliphatic carbocycles. The van der Waals surface area contributed by atoms with E-state index >= 15 is 0 Å². The lowest BCUT2D eigenvalue weighted by Gasteiger charge is -2.33. The lowest BCUT2D eigenvalue weighted by molar-refractivity contribution is 0.245. The molecule has 2 aromatic carbocycles. The summed E-state index contributed by atoms with van der Waals surface area (Å²) in [5.41, 5.74) is 2.05. The second-order valence-electron chi connectivity index (χ2n) is 7.71. The highest BCUT2D eigenvalue weighted by atomic mass is 16.5. The van der Waals surface area contributed by atoms with Crippen LogP contribution in [0.1, 0.15) is 12.8 Å². The van der Waals surface area contributed by atoms with Crippen molar-refractivity contribution in [3.05, 3.63) is 52.8 Å². The predicted octanol–water partition coefficient (Wildman–Crippen LogP) is 2.74. The molecular formula is C23H27N5O4. The van der Waals surface area contributed by atoms with Gasteiger partial charge in [-0.25, -0.2) is 9.78 Å². The molecule has 0 spiro atoms. The normalized spacial score (nSPS) is 14.3. The van der Waals surface area contributed by atoms with Crippen molar-refractivity contribution in [3.63, 3.8) is 0 Å². The number of fused-ring (bicyclic) bond motifs is 1. The number of nitrogens with one attached hydrogen (secondary N) is 2. The van der Waals surface area contributed by atoms with Crippen molar-refractivity contribution in [1.29, 1.82) is 0 Å². The van der Waals surface area contributed by atoms with E-state index in [1.54, 1.807) is 44.0 Å². The lowest BCUT2D eigenvalue weighted by Crippen LogP contribution is -2.47. The number of benzene rings is 2. The smallest absolute Gasteiger partial charge is 0.319 e. The van der Waals surface area contributed by atoms with Gasteiger partial charge in [-0.15, -0.1) is 0 Å². The van der Waals surface area contributed by atoms with Gasteiger partial charge in [0.15, 0.2) is 5.82 Å². The number of aromatic nitrogens is 2. The van der Waals surface area contributed by atoms with Crippen molar-refractivity contribution in [2.75, 3.05) is 37.5 Å². The minimum atomic E-state index is -0.299. The fraction of sp³-hybridized carbons (Fsp3) is 0.348. The van der Waals surface area contributed by atoms with Crippen molar-refractivity contribution in [2.45, 2.75) is 18.9 Å². The number of anilines is 2. The molecule has 0 saturated carbocycles. The molecule has 2 amide bonds. The van der Waals surface area contributed by atoms with E-state index in [4.69, 9.17) is 9.47 Å². The highest BCUT2D eigenvalue weighted by molar-refractivity contribution is 5.91. The Labute approximate surface area is 186 Å². The largest absolute Gasteiger partial charge is 0.497 e. The van der Waals surface area contributed by atoms with Crippen LogP contribution in [0, 0.1) is 0 Å². The molecule has 32 heavy (non-hydrogen) atoms. The van der Waals surface area contributed by atoms with E-state index in [1.165, 1.54) is 0 Å². The van der Waals surface area contributed by atoms with Gasteiger partial charge in [0, 0.05) is 32.2 Å². The topological polar surface area (TPSA) is 97.7 Å². The number of piperidine rings is 1. The van der Waals surface area contributed by atoms with Crippen molar-refractivity contribution in [1.82, 2.24) is 14.9 Å². The molecule has 1 aliphatic rings. The maximum absolute atomic E-state index is 12.8. The Hall–Kier alpha value is -3.75. The number of nitrogens with zero attached hydrogens (tertiary/aromatic N) is 3. The Bertz CT molecular complexity index is 1180. The van der Waals surface area contributed by atoms with Gasteiger partial charge in [-0.1, -0.05) is 12.1 Å². The summed E-state index contributed by atoms with van der Waals surface area (Å²) in [6, 6.07) is 12.5. The van der Waals surface area contributed by atoms with Crippen molar-refractivity contribution >= 4 is 28.6 Å². The third-order valence-corrected chi connectivity index (χ3v) is 5.75. The first-order valence-corrected chi connectivity index (χ1v) is 10.5. The number of urea groups is 1. The average molecular weight is 438 g/mol. The van der Waals surface area contributed by atoms with Gasteiger partial charge in [0.25, 0.3) is 5.56 Å². The minimum absolute atomic E-state index is 0.000184. The highest BCUT2D eigenvalue weighted by Gasteiger charge is 2.24. The number of ether oxygens (including phenoxy) is 2. The first-order chi connectivity index (χ1) is 15.5. The molecule has 9 heteroatoms. The van der Waals surface area contributed by atoms with Crippen LogP contribution in [0.2, 0.25) is 0 Å². The molecule has 3 aromatic rings. The van der Waals surface area contributed by atoms with Gasteiger partial charge < -0.3 is 29.6 Å². The molecule has 0 radical (unpaired) electrons. The van der Waals surface area contributed by atoms with Crippen LogP contribution in [0.5, 0.6) is 11.5 Å². The lowest BCUT2D eigenvalue weighted by atomic mass is 10.1. The summed E-state index contributed by atoms with van der Waals surface area (Å²) >= 11 is 0. The van der Waals surface area contributed by atoms with Crippen LogP contribution >= 0.6 is 0 Å². The van der Waals surface area contributed by atoms with Gasteiger partial charge in [0.05, 0.1) is 30.9 Å². The van der Waals surface area contributed by atoms with Gasteiger partial charge in [0.2, 0.25) is 0 Å². The SMILES string of the molecule is COc1ccc(NC(=O)NC2CCN(c3nc4ccccc4n(C)c3=O)CC2)c(OC)c1. The zero-order valence-corrected chi connectivity index (χ0v) is 18.4. The second-order valence-corrected chi connectivity index (χ2v) is 7.71. The third-order valence-electron chi connectivity index (χ3n) is 5.75. The quantitative estimate of drug-likeness (QED) is 0.637. The molecule has 0 bridgehead atoms. The van der Waals surface area contributed by atoms with E-state index < -0.39 is 0 Å². The van der Waals surface area contributed by atoms with E-state index in [-0.39, 0.29) is 17.6 Å². The third kappa shape index (κ3) is 4.32. The molecule has 9 nitrogen and oxygen atoms in total. The maximum atomic E-state index is 12.8. The van der Waals surface area contributed by atoms with E-state index in [0.29, 0.717) is 48.9 Å². The van der Waals surface area contributed by atoms with E-state index in [2.05, 4.69) is 15.6 Å². The first-order valence-electron chi connectivity index (χ1n) is 10.5. The zero-order valence-electron chi connectivity index (χ0n) is 18.4. The molecule has 0 atom stereocenters. The molecule has 168 valence electrons. The summed E-state index contributed by atoms with van der Waals surface area (Å²) in [4.78, 5) is 31.9. The standard InChI is InChI=1S/C23H27N5O4/c1-27-19-7-5-4-6-17(19)25-21(22(27)29)28-12-10-15(11-13-28)24-23(30)26-18-9-8-16(31-2)14-20(18)32-3/h4-9,14-15H,10-13H2,1-3H3,(H2,24,26,30). The summed E-state index contributed by atoms with van der Waals surface area (Å²) in [5.74, 6) is 1.62. The van der Waals surface area contributed by atoms with Crippen LogP contribution in [0.15, 0.2) is 47.3 Å². The molecule has 1 fully saturated rings. The predicted molar refractivity (Wildman–Crippen MR) is 124 cm³/mol. The Kier molecular flexibility index (Phi) is 6.16. The number of hydrogen-bond donors (Lipinski definition) is 2. The zero-order chi connectivity index (χ0) is 22.7. The Balaban J connectivity index is 1.38. The molecule has 1 saturated heterocycles. The van der Waals surface area contributed by atoms with Crippen LogP contribution < -0.4 is 30.6 Å². The van der Waals surface area contributed by atoms with Crippen LogP contribution in [-0.2, 0) is 7.05 Å². The molecule has 1 aromatic heterocycles. The monoisotopic (exact) mass is 437 g/mol. The molecule has 2 heterocycles. The minimum Gasteiger partial charge on any atom is -0.497 e. The summed E-state index contributed by atoms with van der Waals surface area (Å²) in [6.07, 6.45) is 1.43. The first kappa shape index (κ1) is 21.5. The van der Waals surface area contributed by atoms with E-state index in [0.717, 1.165) is 11.0 Å². The Morgan fingerprint density at radius 1 is 1.09 bits per heavy atom. The second kappa shape index (κ2) is 9.17. The molecule has 1 aliphatic heterocycles. The molecule has 4 rings (SSSR count). The Morgan fingerprint density at radius 2 is 1.84 bits per heavy atom. The van der Waals surface area contributed by atoms with Gasteiger partial charge in [0.1, 0.15) is 11.5 Å².